The minimum atomic E-state index is -0.133. The molecule has 0 aromatic rings. The first kappa shape index (κ1) is 8.06. The summed E-state index contributed by atoms with van der Waals surface area (Å²) in [4.78, 5) is 10.7. The van der Waals surface area contributed by atoms with Crippen LogP contribution in [0.25, 0.3) is 0 Å². The van der Waals surface area contributed by atoms with Crippen LogP contribution >= 0.6 is 11.6 Å². The fraction of sp³-hybridized carbons (Fsp3) is 0.875. The maximum atomic E-state index is 10.7. The number of hydrogen-bond donors (Lipinski definition) is 0. The Morgan fingerprint density at radius 3 is 2.60 bits per heavy atom. The van der Waals surface area contributed by atoms with E-state index in [9.17, 15) is 4.79 Å². The van der Waals surface area contributed by atoms with Crippen LogP contribution in [0.4, 0.5) is 0 Å². The quantitative estimate of drug-likeness (QED) is 0.539. The Kier molecular flexibility index (Phi) is 2.72. The molecule has 0 spiro atoms. The molecule has 0 N–H and O–H groups in total. The molecule has 1 nitrogen and oxygen atoms in total. The van der Waals surface area contributed by atoms with Crippen LogP contribution in [0.3, 0.4) is 0 Å². The largest absolute Gasteiger partial charge is 0.281 e. The number of carbonyl (C=O) groups excluding carboxylic acids is 1. The van der Waals surface area contributed by atoms with Gasteiger partial charge >= 0.3 is 0 Å². The molecule has 0 aliphatic heterocycles. The summed E-state index contributed by atoms with van der Waals surface area (Å²) in [6.07, 6.45) is 4.44. The van der Waals surface area contributed by atoms with Crippen molar-refractivity contribution in [1.29, 1.82) is 0 Å². The standard InChI is InChI=1S/C8H13ClO/c1-6-3-2-4-7(5-6)8(9)10/h6-7H,2-5H2,1H3/t6-,7-/m1/s1. The summed E-state index contributed by atoms with van der Waals surface area (Å²) in [6.45, 7) is 2.19. The van der Waals surface area contributed by atoms with E-state index in [1.54, 1.807) is 0 Å². The van der Waals surface area contributed by atoms with Crippen LogP contribution in [0.15, 0.2) is 0 Å². The van der Waals surface area contributed by atoms with E-state index >= 15 is 0 Å². The fourth-order valence-electron chi connectivity index (χ4n) is 1.64. The van der Waals surface area contributed by atoms with Gasteiger partial charge in [-0.05, 0) is 30.4 Å². The maximum Gasteiger partial charge on any atom is 0.224 e. The van der Waals surface area contributed by atoms with Crippen molar-refractivity contribution in [3.05, 3.63) is 0 Å². The molecule has 0 bridgehead atoms. The average Bonchev–Trinajstić information content (AvgIpc) is 1.88. The molecule has 0 saturated heterocycles. The highest BCUT2D eigenvalue weighted by Crippen LogP contribution is 2.29. The van der Waals surface area contributed by atoms with Crippen molar-refractivity contribution in [2.45, 2.75) is 32.6 Å². The highest BCUT2D eigenvalue weighted by Gasteiger charge is 2.23. The van der Waals surface area contributed by atoms with Crippen molar-refractivity contribution in [3.63, 3.8) is 0 Å². The van der Waals surface area contributed by atoms with Gasteiger partial charge in [-0.1, -0.05) is 19.8 Å². The Hall–Kier alpha value is -0.0400. The van der Waals surface area contributed by atoms with E-state index in [2.05, 4.69) is 6.92 Å². The van der Waals surface area contributed by atoms with Crippen LogP contribution in [0.1, 0.15) is 32.6 Å². The SMILES string of the molecule is C[C@@H]1CCC[C@@H](C(=O)Cl)C1. The Bertz CT molecular complexity index is 133. The molecule has 1 rings (SSSR count). The van der Waals surface area contributed by atoms with Crippen LogP contribution in [-0.2, 0) is 4.79 Å². The third-order valence-corrected chi connectivity index (χ3v) is 2.57. The van der Waals surface area contributed by atoms with Gasteiger partial charge in [-0.25, -0.2) is 0 Å². The third-order valence-electron chi connectivity index (χ3n) is 2.26. The molecule has 2 heteroatoms. The Labute approximate surface area is 66.8 Å². The maximum absolute atomic E-state index is 10.7. The number of rotatable bonds is 1. The van der Waals surface area contributed by atoms with Crippen molar-refractivity contribution in [2.24, 2.45) is 11.8 Å². The molecule has 0 heterocycles. The van der Waals surface area contributed by atoms with Crippen molar-refractivity contribution < 1.29 is 4.79 Å². The first-order valence-corrected chi connectivity index (χ1v) is 4.27. The molecule has 0 aromatic carbocycles. The molecule has 0 unspecified atom stereocenters. The molecule has 0 amide bonds. The van der Waals surface area contributed by atoms with Crippen LogP contribution in [-0.4, -0.2) is 5.24 Å². The summed E-state index contributed by atoms with van der Waals surface area (Å²) >= 11 is 5.38. The van der Waals surface area contributed by atoms with Crippen LogP contribution < -0.4 is 0 Å². The summed E-state index contributed by atoms with van der Waals surface area (Å²) in [6, 6.07) is 0. The van der Waals surface area contributed by atoms with E-state index in [4.69, 9.17) is 11.6 Å². The first-order valence-electron chi connectivity index (χ1n) is 3.89. The lowest BCUT2D eigenvalue weighted by molar-refractivity contribution is -0.116. The Morgan fingerprint density at radius 1 is 1.50 bits per heavy atom. The zero-order chi connectivity index (χ0) is 7.56. The van der Waals surface area contributed by atoms with Gasteiger partial charge in [0.05, 0.1) is 0 Å². The van der Waals surface area contributed by atoms with Crippen molar-refractivity contribution in [1.82, 2.24) is 0 Å². The van der Waals surface area contributed by atoms with E-state index in [1.165, 1.54) is 12.8 Å². The Balaban J connectivity index is 2.39. The number of carbonyl (C=O) groups is 1. The van der Waals surface area contributed by atoms with Gasteiger partial charge in [0, 0.05) is 5.92 Å². The van der Waals surface area contributed by atoms with E-state index in [0.717, 1.165) is 12.8 Å². The highest BCUT2D eigenvalue weighted by atomic mass is 35.5. The summed E-state index contributed by atoms with van der Waals surface area (Å²) in [5.74, 6) is 0.854. The van der Waals surface area contributed by atoms with Gasteiger partial charge in [-0.2, -0.15) is 0 Å². The zero-order valence-electron chi connectivity index (χ0n) is 6.27. The van der Waals surface area contributed by atoms with Gasteiger partial charge in [0.25, 0.3) is 0 Å². The second-order valence-electron chi connectivity index (χ2n) is 3.27. The van der Waals surface area contributed by atoms with Crippen LogP contribution in [0.5, 0.6) is 0 Å². The van der Waals surface area contributed by atoms with Gasteiger partial charge in [0.15, 0.2) is 0 Å². The van der Waals surface area contributed by atoms with Crippen molar-refractivity contribution in [3.8, 4) is 0 Å². The van der Waals surface area contributed by atoms with Gasteiger partial charge in [0.1, 0.15) is 0 Å². The zero-order valence-corrected chi connectivity index (χ0v) is 7.03. The summed E-state index contributed by atoms with van der Waals surface area (Å²) in [5, 5.41) is -0.133. The van der Waals surface area contributed by atoms with E-state index in [0.29, 0.717) is 5.92 Å². The highest BCUT2D eigenvalue weighted by molar-refractivity contribution is 6.63. The lowest BCUT2D eigenvalue weighted by Crippen LogP contribution is -2.17. The predicted octanol–water partition coefficient (Wildman–Crippen LogP) is 2.58. The minimum Gasteiger partial charge on any atom is -0.281 e. The van der Waals surface area contributed by atoms with Crippen LogP contribution in [0.2, 0.25) is 0 Å². The predicted molar refractivity (Wildman–Crippen MR) is 42.0 cm³/mol. The van der Waals surface area contributed by atoms with Crippen molar-refractivity contribution >= 4 is 16.8 Å². The lowest BCUT2D eigenvalue weighted by atomic mass is 9.83. The molecule has 2 atom stereocenters. The summed E-state index contributed by atoms with van der Waals surface area (Å²) in [5.41, 5.74) is 0. The number of hydrogen-bond acceptors (Lipinski definition) is 1. The molecule has 1 saturated carbocycles. The molecule has 0 aromatic heterocycles. The topological polar surface area (TPSA) is 17.1 Å². The second-order valence-corrected chi connectivity index (χ2v) is 3.65. The summed E-state index contributed by atoms with van der Waals surface area (Å²) in [7, 11) is 0. The molecule has 0 radical (unpaired) electrons. The van der Waals surface area contributed by atoms with E-state index in [-0.39, 0.29) is 11.2 Å². The van der Waals surface area contributed by atoms with Gasteiger partial charge in [0.2, 0.25) is 5.24 Å². The van der Waals surface area contributed by atoms with Gasteiger partial charge in [-0.3, -0.25) is 4.79 Å². The van der Waals surface area contributed by atoms with Crippen LogP contribution in [0, 0.1) is 11.8 Å². The normalized spacial score (nSPS) is 33.8. The second kappa shape index (κ2) is 3.38. The van der Waals surface area contributed by atoms with E-state index < -0.39 is 0 Å². The first-order chi connectivity index (χ1) is 4.70. The summed E-state index contributed by atoms with van der Waals surface area (Å²) < 4.78 is 0. The molecule has 58 valence electrons. The van der Waals surface area contributed by atoms with Crippen molar-refractivity contribution in [2.75, 3.05) is 0 Å². The Morgan fingerprint density at radius 2 is 2.20 bits per heavy atom. The number of halogens is 1. The molecular weight excluding hydrogens is 148 g/mol. The molecule has 1 aliphatic rings. The molecule has 10 heavy (non-hydrogen) atoms. The van der Waals surface area contributed by atoms with Gasteiger partial charge < -0.3 is 0 Å². The fourth-order valence-corrected chi connectivity index (χ4v) is 1.84. The molecule has 1 aliphatic carbocycles. The molecular formula is C8H13ClO. The monoisotopic (exact) mass is 160 g/mol. The van der Waals surface area contributed by atoms with E-state index in [1.807, 2.05) is 0 Å². The smallest absolute Gasteiger partial charge is 0.224 e. The van der Waals surface area contributed by atoms with Gasteiger partial charge in [-0.15, -0.1) is 0 Å². The average molecular weight is 161 g/mol. The molecule has 1 fully saturated rings. The minimum absolute atomic E-state index is 0.133. The third kappa shape index (κ3) is 1.98. The lowest BCUT2D eigenvalue weighted by Gasteiger charge is -2.23.